The molecule has 0 atom stereocenters. The lowest BCUT2D eigenvalue weighted by Gasteiger charge is -2.12. The Morgan fingerprint density at radius 3 is 2.52 bits per heavy atom. The minimum atomic E-state index is -4.60. The molecular weight excluding hydrogens is 355 g/mol. The number of hydrogen-bond donors (Lipinski definition) is 1. The Morgan fingerprint density at radius 2 is 2.00 bits per heavy atom. The first-order valence-corrected chi connectivity index (χ1v) is 8.34. The molecule has 0 aliphatic carbocycles. The molecule has 1 aromatic carbocycles. The SMILES string of the molecule is CCn1ncc(S(=O)(=O)Nc2cc(C(F)(F)F)ccc2Cl)c1C. The van der Waals surface area contributed by atoms with Crippen molar-refractivity contribution in [3.05, 3.63) is 40.7 Å². The van der Waals surface area contributed by atoms with Gasteiger partial charge >= 0.3 is 6.18 Å². The molecule has 0 saturated heterocycles. The van der Waals surface area contributed by atoms with Crippen molar-refractivity contribution in [2.24, 2.45) is 0 Å². The van der Waals surface area contributed by atoms with E-state index < -0.39 is 21.8 Å². The van der Waals surface area contributed by atoms with Crippen molar-refractivity contribution in [1.82, 2.24) is 9.78 Å². The van der Waals surface area contributed by atoms with Crippen molar-refractivity contribution < 1.29 is 21.6 Å². The fourth-order valence-electron chi connectivity index (χ4n) is 1.99. The summed E-state index contributed by atoms with van der Waals surface area (Å²) in [6.45, 7) is 3.80. The molecule has 23 heavy (non-hydrogen) atoms. The number of nitrogens with one attached hydrogen (secondary N) is 1. The van der Waals surface area contributed by atoms with Gasteiger partial charge in [0.05, 0.1) is 28.2 Å². The number of anilines is 1. The van der Waals surface area contributed by atoms with E-state index in [-0.39, 0.29) is 15.6 Å². The highest BCUT2D eigenvalue weighted by atomic mass is 35.5. The minimum Gasteiger partial charge on any atom is -0.278 e. The zero-order valence-electron chi connectivity index (χ0n) is 12.1. The van der Waals surface area contributed by atoms with Gasteiger partial charge in [-0.05, 0) is 32.0 Å². The second-order valence-electron chi connectivity index (χ2n) is 4.71. The average molecular weight is 368 g/mol. The lowest BCUT2D eigenvalue weighted by molar-refractivity contribution is -0.137. The molecule has 2 aromatic rings. The zero-order valence-corrected chi connectivity index (χ0v) is 13.7. The van der Waals surface area contributed by atoms with E-state index in [2.05, 4.69) is 9.82 Å². The quantitative estimate of drug-likeness (QED) is 0.896. The van der Waals surface area contributed by atoms with E-state index in [1.165, 1.54) is 4.68 Å². The molecule has 0 aliphatic rings. The van der Waals surface area contributed by atoms with Crippen LogP contribution in [0.3, 0.4) is 0 Å². The highest BCUT2D eigenvalue weighted by molar-refractivity contribution is 7.92. The van der Waals surface area contributed by atoms with Gasteiger partial charge in [-0.25, -0.2) is 8.42 Å². The summed E-state index contributed by atoms with van der Waals surface area (Å²) >= 11 is 5.80. The molecule has 0 amide bonds. The average Bonchev–Trinajstić information content (AvgIpc) is 2.81. The summed E-state index contributed by atoms with van der Waals surface area (Å²) in [7, 11) is -4.10. The molecule has 2 rings (SSSR count). The number of rotatable bonds is 4. The van der Waals surface area contributed by atoms with Gasteiger partial charge in [0, 0.05) is 6.54 Å². The molecule has 0 bridgehead atoms. The van der Waals surface area contributed by atoms with Crippen LogP contribution in [0.25, 0.3) is 0 Å². The van der Waals surface area contributed by atoms with E-state index in [0.29, 0.717) is 18.3 Å². The Hall–Kier alpha value is -1.74. The van der Waals surface area contributed by atoms with Gasteiger partial charge in [-0.2, -0.15) is 18.3 Å². The van der Waals surface area contributed by atoms with Crippen LogP contribution < -0.4 is 4.72 Å². The van der Waals surface area contributed by atoms with Gasteiger partial charge in [-0.3, -0.25) is 9.40 Å². The summed E-state index contributed by atoms with van der Waals surface area (Å²) in [6, 6.07) is 2.42. The fraction of sp³-hybridized carbons (Fsp3) is 0.308. The van der Waals surface area contributed by atoms with Crippen LogP contribution in [0, 0.1) is 6.92 Å². The van der Waals surface area contributed by atoms with Crippen LogP contribution in [0.15, 0.2) is 29.3 Å². The third kappa shape index (κ3) is 3.61. The molecular formula is C13H13ClF3N3O2S. The summed E-state index contributed by atoms with van der Waals surface area (Å²) in [5, 5.41) is 3.77. The summed E-state index contributed by atoms with van der Waals surface area (Å²) in [6.07, 6.45) is -3.46. The number of sulfonamides is 1. The third-order valence-electron chi connectivity index (χ3n) is 3.19. The van der Waals surface area contributed by atoms with Crippen LogP contribution in [-0.4, -0.2) is 18.2 Å². The molecule has 1 N–H and O–H groups in total. The molecule has 0 fully saturated rings. The van der Waals surface area contributed by atoms with Crippen molar-refractivity contribution in [2.45, 2.75) is 31.5 Å². The first kappa shape index (κ1) is 17.6. The van der Waals surface area contributed by atoms with Gasteiger partial charge in [0.1, 0.15) is 4.90 Å². The van der Waals surface area contributed by atoms with E-state index >= 15 is 0 Å². The van der Waals surface area contributed by atoms with Crippen molar-refractivity contribution in [3.63, 3.8) is 0 Å². The van der Waals surface area contributed by atoms with Crippen LogP contribution in [0.2, 0.25) is 5.02 Å². The molecule has 0 aliphatic heterocycles. The number of halogens is 4. The smallest absolute Gasteiger partial charge is 0.278 e. The third-order valence-corrected chi connectivity index (χ3v) is 4.98. The minimum absolute atomic E-state index is 0.118. The summed E-state index contributed by atoms with van der Waals surface area (Å²) in [4.78, 5) is -0.118. The lowest BCUT2D eigenvalue weighted by atomic mass is 10.2. The predicted molar refractivity (Wildman–Crippen MR) is 79.9 cm³/mol. The highest BCUT2D eigenvalue weighted by Gasteiger charge is 2.31. The highest BCUT2D eigenvalue weighted by Crippen LogP contribution is 2.34. The lowest BCUT2D eigenvalue weighted by Crippen LogP contribution is -2.15. The topological polar surface area (TPSA) is 64.0 Å². The molecule has 10 heteroatoms. The maximum absolute atomic E-state index is 12.7. The first-order valence-electron chi connectivity index (χ1n) is 6.48. The number of hydrogen-bond acceptors (Lipinski definition) is 3. The molecule has 0 unspecified atom stereocenters. The summed E-state index contributed by atoms with van der Waals surface area (Å²) in [5.41, 5.74) is -0.964. The Kier molecular flexibility index (Phi) is 4.63. The molecule has 5 nitrogen and oxygen atoms in total. The molecule has 126 valence electrons. The molecule has 1 aromatic heterocycles. The summed E-state index contributed by atoms with van der Waals surface area (Å²) < 4.78 is 66.5. The zero-order chi connectivity index (χ0) is 17.4. The second kappa shape index (κ2) is 6.04. The molecule has 1 heterocycles. The van der Waals surface area contributed by atoms with Gasteiger partial charge < -0.3 is 0 Å². The Morgan fingerprint density at radius 1 is 1.35 bits per heavy atom. The molecule has 0 radical (unpaired) electrons. The van der Waals surface area contributed by atoms with E-state index in [9.17, 15) is 21.6 Å². The standard InChI is InChI=1S/C13H13ClF3N3O2S/c1-3-20-8(2)12(7-18-20)23(21,22)19-11-6-9(13(15,16)17)4-5-10(11)14/h4-7,19H,3H2,1-2H3. The molecule has 0 spiro atoms. The van der Waals surface area contributed by atoms with E-state index in [1.807, 2.05) is 0 Å². The number of aromatic nitrogens is 2. The maximum Gasteiger partial charge on any atom is 0.416 e. The number of nitrogens with zero attached hydrogens (tertiary/aromatic N) is 2. The van der Waals surface area contributed by atoms with Crippen molar-refractivity contribution in [2.75, 3.05) is 4.72 Å². The van der Waals surface area contributed by atoms with Gasteiger partial charge in [-0.1, -0.05) is 11.6 Å². The largest absolute Gasteiger partial charge is 0.416 e. The van der Waals surface area contributed by atoms with Crippen molar-refractivity contribution >= 4 is 27.3 Å². The maximum atomic E-state index is 12.7. The molecule has 0 saturated carbocycles. The van der Waals surface area contributed by atoms with Crippen LogP contribution in [-0.2, 0) is 22.7 Å². The Balaban J connectivity index is 2.43. The van der Waals surface area contributed by atoms with Gasteiger partial charge in [0.2, 0.25) is 0 Å². The van der Waals surface area contributed by atoms with E-state index in [4.69, 9.17) is 11.6 Å². The van der Waals surface area contributed by atoms with Gasteiger partial charge in [0.15, 0.2) is 0 Å². The number of aryl methyl sites for hydroxylation is 1. The normalized spacial score (nSPS) is 12.4. The van der Waals surface area contributed by atoms with Gasteiger partial charge in [0.25, 0.3) is 10.0 Å². The van der Waals surface area contributed by atoms with Crippen LogP contribution in [0.5, 0.6) is 0 Å². The Bertz CT molecular complexity index is 831. The number of alkyl halides is 3. The van der Waals surface area contributed by atoms with E-state index in [1.54, 1.807) is 13.8 Å². The van der Waals surface area contributed by atoms with Crippen LogP contribution in [0.4, 0.5) is 18.9 Å². The Labute approximate surface area is 136 Å². The van der Waals surface area contributed by atoms with E-state index in [0.717, 1.165) is 18.3 Å². The summed E-state index contributed by atoms with van der Waals surface area (Å²) in [5.74, 6) is 0. The van der Waals surface area contributed by atoms with Crippen molar-refractivity contribution in [1.29, 1.82) is 0 Å². The fourth-order valence-corrected chi connectivity index (χ4v) is 3.46. The van der Waals surface area contributed by atoms with Gasteiger partial charge in [-0.15, -0.1) is 0 Å². The number of benzene rings is 1. The van der Waals surface area contributed by atoms with Crippen molar-refractivity contribution in [3.8, 4) is 0 Å². The monoisotopic (exact) mass is 367 g/mol. The second-order valence-corrected chi connectivity index (χ2v) is 6.77. The first-order chi connectivity index (χ1) is 10.6. The van der Waals surface area contributed by atoms with Crippen LogP contribution >= 0.6 is 11.6 Å². The predicted octanol–water partition coefficient (Wildman–Crippen LogP) is 3.68. The van der Waals surface area contributed by atoms with Crippen LogP contribution in [0.1, 0.15) is 18.2 Å².